The molecule has 1 aliphatic heterocycles. The lowest BCUT2D eigenvalue weighted by molar-refractivity contribution is -0.143. The molecule has 0 bridgehead atoms. The maximum absolute atomic E-state index is 13.2. The summed E-state index contributed by atoms with van der Waals surface area (Å²) in [6.45, 7) is 2.89. The number of aliphatic hydroxyl groups is 1. The van der Waals surface area contributed by atoms with Crippen molar-refractivity contribution in [1.82, 2.24) is 4.90 Å². The zero-order valence-electron chi connectivity index (χ0n) is 22.7. The van der Waals surface area contributed by atoms with Gasteiger partial charge in [-0.25, -0.2) is 0 Å². The standard InChI is InChI=1S/C30H35F6N3O2/c1-2-22(8-12-37)26(9-13-39-14-10-28(40,11-15-39)23-6-4-3-5-7-23)27(38)20-41-19-21-16-24(29(31,32)33)18-25(17-21)30(34,35)36/h2-8,12,16-18,26,38,40H,9-11,13-15,19-20,37H2,1H3/b12-8-,22-2+,38-27?. The van der Waals surface area contributed by atoms with E-state index in [0.29, 0.717) is 51.0 Å². The Morgan fingerprint density at radius 1 is 1.05 bits per heavy atom. The molecule has 1 unspecified atom stereocenters. The fraction of sp³-hybridized carbons (Fsp3) is 0.433. The molecule has 0 amide bonds. The van der Waals surface area contributed by atoms with Crippen molar-refractivity contribution in [3.05, 3.63) is 94.7 Å². The second-order valence-corrected chi connectivity index (χ2v) is 10.2. The highest BCUT2D eigenvalue weighted by Crippen LogP contribution is 2.37. The molecule has 0 saturated carbocycles. The van der Waals surface area contributed by atoms with Crippen molar-refractivity contribution < 1.29 is 36.2 Å². The summed E-state index contributed by atoms with van der Waals surface area (Å²) in [7, 11) is 0. The summed E-state index contributed by atoms with van der Waals surface area (Å²) < 4.78 is 84.5. The third kappa shape index (κ3) is 8.92. The van der Waals surface area contributed by atoms with E-state index in [2.05, 4.69) is 4.90 Å². The van der Waals surface area contributed by atoms with Crippen molar-refractivity contribution in [2.45, 2.75) is 50.7 Å². The van der Waals surface area contributed by atoms with Crippen molar-refractivity contribution in [1.29, 1.82) is 5.41 Å². The normalized spacial score (nSPS) is 17.6. The van der Waals surface area contributed by atoms with Gasteiger partial charge in [-0.2, -0.15) is 26.3 Å². The van der Waals surface area contributed by atoms with Crippen molar-refractivity contribution in [3.63, 3.8) is 0 Å². The van der Waals surface area contributed by atoms with E-state index < -0.39 is 41.6 Å². The lowest BCUT2D eigenvalue weighted by Gasteiger charge is -2.39. The van der Waals surface area contributed by atoms with Crippen LogP contribution in [0.1, 0.15) is 48.4 Å². The molecule has 0 aliphatic carbocycles. The minimum atomic E-state index is -4.95. The first-order chi connectivity index (χ1) is 19.3. The van der Waals surface area contributed by atoms with Gasteiger partial charge in [0, 0.05) is 24.7 Å². The van der Waals surface area contributed by atoms with Gasteiger partial charge in [0.1, 0.15) is 0 Å². The number of nitrogens with two attached hydrogens (primary N) is 1. The molecule has 224 valence electrons. The average molecular weight is 584 g/mol. The number of nitrogens with one attached hydrogen (secondary N) is 1. The van der Waals surface area contributed by atoms with Gasteiger partial charge in [-0.3, -0.25) is 0 Å². The molecular weight excluding hydrogens is 548 g/mol. The zero-order chi connectivity index (χ0) is 30.3. The van der Waals surface area contributed by atoms with E-state index in [0.717, 1.165) is 11.1 Å². The fourth-order valence-corrected chi connectivity index (χ4v) is 5.04. The Morgan fingerprint density at radius 3 is 2.15 bits per heavy atom. The van der Waals surface area contributed by atoms with Gasteiger partial charge in [-0.05, 0) is 79.9 Å². The van der Waals surface area contributed by atoms with E-state index in [1.165, 1.54) is 6.20 Å². The Balaban J connectivity index is 1.64. The predicted molar refractivity (Wildman–Crippen MR) is 145 cm³/mol. The molecule has 0 aromatic heterocycles. The minimum absolute atomic E-state index is 0.0698. The molecule has 0 spiro atoms. The smallest absolute Gasteiger partial charge is 0.405 e. The third-order valence-corrected chi connectivity index (χ3v) is 7.35. The molecular formula is C30H35F6N3O2. The molecule has 1 heterocycles. The number of rotatable bonds is 11. The highest BCUT2D eigenvalue weighted by molar-refractivity contribution is 5.88. The predicted octanol–water partition coefficient (Wildman–Crippen LogP) is 6.67. The molecule has 1 aliphatic rings. The number of alkyl halides is 6. The van der Waals surface area contributed by atoms with E-state index >= 15 is 0 Å². The van der Waals surface area contributed by atoms with Crippen molar-refractivity contribution in [3.8, 4) is 0 Å². The lowest BCUT2D eigenvalue weighted by Crippen LogP contribution is -2.43. The van der Waals surface area contributed by atoms with Crippen LogP contribution in [0.2, 0.25) is 0 Å². The van der Waals surface area contributed by atoms with Crippen LogP contribution >= 0.6 is 0 Å². The number of halogens is 6. The first-order valence-corrected chi connectivity index (χ1v) is 13.2. The van der Waals surface area contributed by atoms with E-state index in [-0.39, 0.29) is 23.9 Å². The van der Waals surface area contributed by atoms with Crippen molar-refractivity contribution >= 4 is 5.71 Å². The summed E-state index contributed by atoms with van der Waals surface area (Å²) in [4.78, 5) is 2.19. The van der Waals surface area contributed by atoms with Gasteiger partial charge in [-0.1, -0.05) is 36.4 Å². The van der Waals surface area contributed by atoms with Crippen LogP contribution < -0.4 is 5.73 Å². The number of hydrogen-bond acceptors (Lipinski definition) is 5. The molecule has 41 heavy (non-hydrogen) atoms. The second kappa shape index (κ2) is 13.7. The zero-order valence-corrected chi connectivity index (χ0v) is 22.7. The number of likely N-dealkylation sites (tertiary alicyclic amines) is 1. The molecule has 2 aromatic carbocycles. The Labute approximate surface area is 235 Å². The van der Waals surface area contributed by atoms with Gasteiger partial charge in [0.25, 0.3) is 0 Å². The van der Waals surface area contributed by atoms with E-state index in [9.17, 15) is 31.4 Å². The van der Waals surface area contributed by atoms with E-state index in [4.69, 9.17) is 15.9 Å². The van der Waals surface area contributed by atoms with Gasteiger partial charge >= 0.3 is 12.4 Å². The Kier molecular flexibility index (Phi) is 10.8. The third-order valence-electron chi connectivity index (χ3n) is 7.35. The number of piperidine rings is 1. The van der Waals surface area contributed by atoms with Gasteiger partial charge < -0.3 is 25.9 Å². The number of hydrogen-bond donors (Lipinski definition) is 3. The highest BCUT2D eigenvalue weighted by atomic mass is 19.4. The number of allylic oxidation sites excluding steroid dienone is 3. The van der Waals surface area contributed by atoms with Crippen molar-refractivity contribution in [2.75, 3.05) is 26.2 Å². The van der Waals surface area contributed by atoms with Crippen LogP contribution in [-0.4, -0.2) is 42.0 Å². The average Bonchev–Trinajstić information content (AvgIpc) is 2.93. The SMILES string of the molecule is C/C=C(\C=C/N)C(CCN1CCC(O)(c2ccccc2)CC1)C(=N)COCc1cc(C(F)(F)F)cc(C(F)(F)F)c1. The highest BCUT2D eigenvalue weighted by Gasteiger charge is 2.37. The summed E-state index contributed by atoms with van der Waals surface area (Å²) in [6, 6.07) is 10.8. The van der Waals surface area contributed by atoms with Gasteiger partial charge in [-0.15, -0.1) is 0 Å². The van der Waals surface area contributed by atoms with Crippen LogP contribution in [0.3, 0.4) is 0 Å². The van der Waals surface area contributed by atoms with Crippen LogP contribution in [0, 0.1) is 11.3 Å². The monoisotopic (exact) mass is 583 g/mol. The van der Waals surface area contributed by atoms with Crippen LogP contribution in [0.4, 0.5) is 26.3 Å². The summed E-state index contributed by atoms with van der Waals surface area (Å²) in [6.07, 6.45) is -3.48. The topological polar surface area (TPSA) is 82.6 Å². The molecule has 3 rings (SSSR count). The lowest BCUT2D eigenvalue weighted by atomic mass is 9.84. The van der Waals surface area contributed by atoms with Crippen LogP contribution in [0.5, 0.6) is 0 Å². The molecule has 1 fully saturated rings. The van der Waals surface area contributed by atoms with Gasteiger partial charge in [0.15, 0.2) is 0 Å². The maximum Gasteiger partial charge on any atom is 0.416 e. The Morgan fingerprint density at radius 2 is 1.63 bits per heavy atom. The Bertz CT molecular complexity index is 1180. The number of benzene rings is 2. The van der Waals surface area contributed by atoms with Crippen LogP contribution in [0.15, 0.2) is 72.5 Å². The molecule has 2 aromatic rings. The summed E-state index contributed by atoms with van der Waals surface area (Å²) in [5.41, 5.74) is 3.33. The molecule has 11 heteroatoms. The molecule has 0 radical (unpaired) electrons. The minimum Gasteiger partial charge on any atom is -0.405 e. The van der Waals surface area contributed by atoms with Gasteiger partial charge in [0.05, 0.1) is 29.9 Å². The molecule has 5 nitrogen and oxygen atoms in total. The Hall–Kier alpha value is -3.15. The second-order valence-electron chi connectivity index (χ2n) is 10.2. The number of ether oxygens (including phenoxy) is 1. The summed E-state index contributed by atoms with van der Waals surface area (Å²) in [5, 5.41) is 19.7. The maximum atomic E-state index is 13.2. The van der Waals surface area contributed by atoms with E-state index in [1.54, 1.807) is 19.1 Å². The molecule has 1 atom stereocenters. The molecule has 1 saturated heterocycles. The van der Waals surface area contributed by atoms with E-state index in [1.807, 2.05) is 30.3 Å². The summed E-state index contributed by atoms with van der Waals surface area (Å²) in [5.74, 6) is -0.429. The quantitative estimate of drug-likeness (QED) is 0.157. The largest absolute Gasteiger partial charge is 0.416 e. The van der Waals surface area contributed by atoms with Crippen LogP contribution in [0.25, 0.3) is 0 Å². The van der Waals surface area contributed by atoms with Crippen LogP contribution in [-0.2, 0) is 29.3 Å². The fourth-order valence-electron chi connectivity index (χ4n) is 5.04. The van der Waals surface area contributed by atoms with Crippen molar-refractivity contribution in [2.24, 2.45) is 11.7 Å². The molecule has 4 N–H and O–H groups in total. The van der Waals surface area contributed by atoms with Gasteiger partial charge in [0.2, 0.25) is 0 Å². The first kappa shape index (κ1) is 32.4. The summed E-state index contributed by atoms with van der Waals surface area (Å²) >= 11 is 0. The first-order valence-electron chi connectivity index (χ1n) is 13.2. The number of nitrogens with zero attached hydrogens (tertiary/aromatic N) is 1.